The van der Waals surface area contributed by atoms with Crippen LogP contribution in [0.1, 0.15) is 11.4 Å². The van der Waals surface area contributed by atoms with Gasteiger partial charge in [-0.2, -0.15) is 0 Å². The Morgan fingerprint density at radius 1 is 1.22 bits per heavy atom. The quantitative estimate of drug-likeness (QED) is 0.672. The molecule has 0 spiro atoms. The summed E-state index contributed by atoms with van der Waals surface area (Å²) in [6.07, 6.45) is 3.61. The van der Waals surface area contributed by atoms with Crippen LogP contribution in [0.2, 0.25) is 0 Å². The molecule has 2 aromatic heterocycles. The van der Waals surface area contributed by atoms with Gasteiger partial charge in [0.2, 0.25) is 0 Å². The molecule has 0 radical (unpaired) electrons. The summed E-state index contributed by atoms with van der Waals surface area (Å²) in [5.74, 6) is 1.17. The number of aromatic nitrogens is 4. The average molecular weight is 366 g/mol. The second-order valence-corrected chi connectivity index (χ2v) is 6.06. The van der Waals surface area contributed by atoms with Crippen molar-refractivity contribution >= 4 is 23.3 Å². The van der Waals surface area contributed by atoms with Crippen molar-refractivity contribution in [1.29, 1.82) is 5.41 Å². The minimum absolute atomic E-state index is 0.377. The molecule has 0 fully saturated rings. The van der Waals surface area contributed by atoms with Crippen molar-refractivity contribution in [3.05, 3.63) is 60.3 Å². The molecule has 0 atom stereocenters. The zero-order valence-electron chi connectivity index (χ0n) is 14.2. The maximum Gasteiger partial charge on any atom is 0.279 e. The number of anilines is 2. The number of imidazole rings is 1. The van der Waals surface area contributed by atoms with E-state index in [4.69, 9.17) is 5.41 Å². The fourth-order valence-corrected chi connectivity index (χ4v) is 3.01. The van der Waals surface area contributed by atoms with Gasteiger partial charge >= 0.3 is 0 Å². The van der Waals surface area contributed by atoms with Gasteiger partial charge < -0.3 is 9.88 Å². The average Bonchev–Trinajstić information content (AvgIpc) is 3.33. The Morgan fingerprint density at radius 2 is 2.07 bits per heavy atom. The third-order valence-corrected chi connectivity index (χ3v) is 4.34. The van der Waals surface area contributed by atoms with E-state index in [0.717, 1.165) is 30.5 Å². The van der Waals surface area contributed by atoms with Gasteiger partial charge in [-0.1, -0.05) is 18.2 Å². The largest absolute Gasteiger partial charge is 0.337 e. The topological polar surface area (TPSA) is 81.6 Å². The fraction of sp³-hybridized carbons (Fsp3) is 0.158. The molecule has 0 unspecified atom stereocenters. The maximum atomic E-state index is 12.4. The highest BCUT2D eigenvalue weighted by Crippen LogP contribution is 2.33. The molecule has 0 saturated heterocycles. The third kappa shape index (κ3) is 3.46. The predicted molar refractivity (Wildman–Crippen MR) is 99.5 cm³/mol. The Kier molecular flexibility index (Phi) is 4.45. The van der Waals surface area contributed by atoms with E-state index in [-0.39, 0.29) is 0 Å². The van der Waals surface area contributed by atoms with Gasteiger partial charge in [-0.3, -0.25) is 5.41 Å². The number of nitrogens with zero attached hydrogens (tertiary/aromatic N) is 4. The van der Waals surface area contributed by atoms with E-state index in [1.807, 2.05) is 18.2 Å². The Hall–Kier alpha value is -3.42. The van der Waals surface area contributed by atoms with E-state index in [0.29, 0.717) is 17.2 Å². The number of halogens is 2. The minimum Gasteiger partial charge on any atom is -0.337 e. The van der Waals surface area contributed by atoms with Crippen LogP contribution in [0.5, 0.6) is 0 Å². The van der Waals surface area contributed by atoms with Crippen LogP contribution >= 0.6 is 0 Å². The summed E-state index contributed by atoms with van der Waals surface area (Å²) in [5.41, 5.74) is 2.97. The van der Waals surface area contributed by atoms with Crippen LogP contribution < -0.4 is 4.90 Å². The number of benzene rings is 1. The van der Waals surface area contributed by atoms with Crippen molar-refractivity contribution in [2.24, 2.45) is 0 Å². The first-order valence-corrected chi connectivity index (χ1v) is 8.39. The minimum atomic E-state index is -2.80. The smallest absolute Gasteiger partial charge is 0.279 e. The third-order valence-electron chi connectivity index (χ3n) is 4.34. The molecule has 0 bridgehead atoms. The zero-order chi connectivity index (χ0) is 18.8. The molecular formula is C19H16F2N6. The Balaban J connectivity index is 1.58. The molecule has 1 aromatic carbocycles. The molecule has 0 aliphatic carbocycles. The number of hydrogen-bond acceptors (Lipinski definition) is 5. The lowest BCUT2D eigenvalue weighted by Crippen LogP contribution is -2.15. The van der Waals surface area contributed by atoms with Gasteiger partial charge in [0.25, 0.3) is 6.43 Å². The Bertz CT molecular complexity index is 1010. The number of aromatic amines is 1. The SMILES string of the molecule is N=C(/C=C\c1ncc(-c2cc(N3CCc4ccccc43)ncn2)[nH]1)C(F)F. The highest BCUT2D eigenvalue weighted by Gasteiger charge is 2.21. The van der Waals surface area contributed by atoms with Crippen LogP contribution in [0, 0.1) is 5.41 Å². The number of allylic oxidation sites excluding steroid dienone is 1. The predicted octanol–water partition coefficient (Wildman–Crippen LogP) is 3.86. The summed E-state index contributed by atoms with van der Waals surface area (Å²) in [6, 6.07) is 10.1. The van der Waals surface area contributed by atoms with Crippen LogP contribution in [-0.4, -0.2) is 38.6 Å². The first-order chi connectivity index (χ1) is 13.1. The highest BCUT2D eigenvalue weighted by atomic mass is 19.3. The highest BCUT2D eigenvalue weighted by molar-refractivity contribution is 5.97. The molecule has 1 aliphatic rings. The Morgan fingerprint density at radius 3 is 2.93 bits per heavy atom. The summed E-state index contributed by atoms with van der Waals surface area (Å²) in [5, 5.41) is 7.14. The zero-order valence-corrected chi connectivity index (χ0v) is 14.2. The van der Waals surface area contributed by atoms with E-state index in [1.165, 1.54) is 18.0 Å². The van der Waals surface area contributed by atoms with E-state index < -0.39 is 12.1 Å². The second kappa shape index (κ2) is 7.06. The summed E-state index contributed by atoms with van der Waals surface area (Å²) in [7, 11) is 0. The molecule has 6 nitrogen and oxygen atoms in total. The van der Waals surface area contributed by atoms with Crippen molar-refractivity contribution in [3.63, 3.8) is 0 Å². The van der Waals surface area contributed by atoms with Crippen LogP contribution in [0.25, 0.3) is 17.5 Å². The molecule has 0 amide bonds. The molecule has 0 saturated carbocycles. The molecule has 1 aliphatic heterocycles. The van der Waals surface area contributed by atoms with Crippen molar-refractivity contribution in [3.8, 4) is 11.4 Å². The lowest BCUT2D eigenvalue weighted by atomic mass is 10.2. The number of fused-ring (bicyclic) bond motifs is 1. The molecule has 27 heavy (non-hydrogen) atoms. The van der Waals surface area contributed by atoms with Crippen LogP contribution in [0.15, 0.2) is 48.9 Å². The molecule has 4 rings (SSSR count). The van der Waals surface area contributed by atoms with Gasteiger partial charge in [-0.05, 0) is 30.2 Å². The van der Waals surface area contributed by atoms with Crippen molar-refractivity contribution in [1.82, 2.24) is 19.9 Å². The summed E-state index contributed by atoms with van der Waals surface area (Å²) < 4.78 is 24.7. The van der Waals surface area contributed by atoms with Crippen molar-refractivity contribution in [2.45, 2.75) is 12.8 Å². The van der Waals surface area contributed by atoms with Crippen LogP contribution in [-0.2, 0) is 6.42 Å². The standard InChI is InChI=1S/C19H16F2N6/c20-19(21)13(22)5-6-17-23-10-15(26-17)14-9-18(25-11-24-14)27-8-7-12-3-1-2-4-16(12)27/h1-6,9-11,19,22H,7-8H2,(H,23,26)/b6-5-,22-13?. The van der Waals surface area contributed by atoms with E-state index in [9.17, 15) is 8.78 Å². The van der Waals surface area contributed by atoms with Gasteiger partial charge in [0.1, 0.15) is 18.0 Å². The van der Waals surface area contributed by atoms with Gasteiger partial charge in [-0.25, -0.2) is 23.7 Å². The first-order valence-electron chi connectivity index (χ1n) is 8.39. The number of hydrogen-bond donors (Lipinski definition) is 2. The monoisotopic (exact) mass is 366 g/mol. The first kappa shape index (κ1) is 17.0. The molecule has 136 valence electrons. The van der Waals surface area contributed by atoms with Crippen molar-refractivity contribution in [2.75, 3.05) is 11.4 Å². The van der Waals surface area contributed by atoms with E-state index in [2.05, 4.69) is 37.0 Å². The molecule has 8 heteroatoms. The van der Waals surface area contributed by atoms with Crippen LogP contribution in [0.3, 0.4) is 0 Å². The normalized spacial score (nSPS) is 13.5. The Labute approximate surface area is 154 Å². The number of H-pyrrole nitrogens is 1. The van der Waals surface area contributed by atoms with Gasteiger partial charge in [-0.15, -0.1) is 0 Å². The van der Waals surface area contributed by atoms with E-state index in [1.54, 1.807) is 6.20 Å². The number of para-hydroxylation sites is 1. The molecule has 3 aromatic rings. The summed E-state index contributed by atoms with van der Waals surface area (Å²) in [6.45, 7) is 0.850. The lowest BCUT2D eigenvalue weighted by molar-refractivity contribution is 0.226. The van der Waals surface area contributed by atoms with Gasteiger partial charge in [0, 0.05) is 18.3 Å². The second-order valence-electron chi connectivity index (χ2n) is 6.06. The fourth-order valence-electron chi connectivity index (χ4n) is 3.01. The summed E-state index contributed by atoms with van der Waals surface area (Å²) in [4.78, 5) is 17.9. The molecule has 2 N–H and O–H groups in total. The van der Waals surface area contributed by atoms with Gasteiger partial charge in [0.05, 0.1) is 23.3 Å². The van der Waals surface area contributed by atoms with E-state index >= 15 is 0 Å². The van der Waals surface area contributed by atoms with Crippen molar-refractivity contribution < 1.29 is 8.78 Å². The molecular weight excluding hydrogens is 350 g/mol. The summed E-state index contributed by atoms with van der Waals surface area (Å²) >= 11 is 0. The van der Waals surface area contributed by atoms with Gasteiger partial charge in [0.15, 0.2) is 0 Å². The number of nitrogens with one attached hydrogen (secondary N) is 2. The number of rotatable bonds is 5. The lowest BCUT2D eigenvalue weighted by Gasteiger charge is -2.18. The van der Waals surface area contributed by atoms with Crippen LogP contribution in [0.4, 0.5) is 20.3 Å². The number of alkyl halides is 2. The maximum absolute atomic E-state index is 12.4. The molecule has 3 heterocycles.